The van der Waals surface area contributed by atoms with E-state index in [4.69, 9.17) is 15.2 Å². The molecule has 2 aromatic carbocycles. The summed E-state index contributed by atoms with van der Waals surface area (Å²) in [7, 11) is 1.59. The van der Waals surface area contributed by atoms with Crippen molar-refractivity contribution in [2.24, 2.45) is 5.73 Å². The average Bonchev–Trinajstić information content (AvgIpc) is 2.61. The molecule has 1 amide bonds. The van der Waals surface area contributed by atoms with Crippen LogP contribution >= 0.6 is 0 Å². The van der Waals surface area contributed by atoms with Gasteiger partial charge in [0.25, 0.3) is 0 Å². The Kier molecular flexibility index (Phi) is 6.63. The van der Waals surface area contributed by atoms with Crippen LogP contribution in [-0.4, -0.2) is 19.6 Å². The molecule has 0 aliphatic rings. The third-order valence-electron chi connectivity index (χ3n) is 3.65. The van der Waals surface area contributed by atoms with E-state index in [0.717, 1.165) is 11.1 Å². The molecule has 1 atom stereocenters. The lowest BCUT2D eigenvalue weighted by atomic mass is 10.0. The minimum Gasteiger partial charge on any atom is -0.493 e. The number of ether oxygens (including phenoxy) is 2. The van der Waals surface area contributed by atoms with Crippen molar-refractivity contribution in [3.8, 4) is 11.5 Å². The van der Waals surface area contributed by atoms with Gasteiger partial charge in [-0.2, -0.15) is 0 Å². The maximum absolute atomic E-state index is 12.1. The number of hydrogen-bond donors (Lipinski definition) is 2. The molecule has 3 N–H and O–H groups in total. The van der Waals surface area contributed by atoms with Gasteiger partial charge in [0.05, 0.1) is 13.7 Å². The number of methoxy groups -OCH3 is 1. The summed E-state index contributed by atoms with van der Waals surface area (Å²) in [6, 6.07) is 14.9. The number of amides is 1. The molecule has 0 saturated heterocycles. The highest BCUT2D eigenvalue weighted by Crippen LogP contribution is 2.30. The summed E-state index contributed by atoms with van der Waals surface area (Å²) in [4.78, 5) is 12.1. The van der Waals surface area contributed by atoms with Crippen molar-refractivity contribution in [3.63, 3.8) is 0 Å². The zero-order valence-electron chi connectivity index (χ0n) is 14.1. The lowest BCUT2D eigenvalue weighted by Gasteiger charge is -2.15. The van der Waals surface area contributed by atoms with Gasteiger partial charge in [0.2, 0.25) is 5.91 Å². The number of nitrogens with one attached hydrogen (secondary N) is 1. The van der Waals surface area contributed by atoms with Crippen LogP contribution in [0.15, 0.2) is 48.5 Å². The van der Waals surface area contributed by atoms with E-state index < -0.39 is 6.04 Å². The Bertz CT molecular complexity index is 659. The van der Waals surface area contributed by atoms with E-state index in [1.165, 1.54) is 0 Å². The van der Waals surface area contributed by atoms with Gasteiger partial charge in [-0.3, -0.25) is 4.79 Å². The number of carbonyl (C=O) groups excluding carboxylic acids is 1. The molecule has 128 valence electrons. The normalized spacial score (nSPS) is 11.6. The topological polar surface area (TPSA) is 73.6 Å². The van der Waals surface area contributed by atoms with Crippen LogP contribution in [0.2, 0.25) is 0 Å². The van der Waals surface area contributed by atoms with Crippen LogP contribution in [0, 0.1) is 0 Å². The summed E-state index contributed by atoms with van der Waals surface area (Å²) in [5.74, 6) is 1.21. The summed E-state index contributed by atoms with van der Waals surface area (Å²) < 4.78 is 10.8. The molecule has 0 aromatic heterocycles. The maximum Gasteiger partial charge on any atom is 0.222 e. The first-order valence-corrected chi connectivity index (χ1v) is 8.01. The minimum absolute atomic E-state index is 0.0832. The molecule has 0 bridgehead atoms. The van der Waals surface area contributed by atoms with Gasteiger partial charge in [-0.05, 0) is 30.2 Å². The first-order valence-electron chi connectivity index (χ1n) is 8.01. The van der Waals surface area contributed by atoms with Crippen LogP contribution in [0.5, 0.6) is 11.5 Å². The molecule has 24 heavy (non-hydrogen) atoms. The predicted octanol–water partition coefficient (Wildman–Crippen LogP) is 2.80. The van der Waals surface area contributed by atoms with Gasteiger partial charge in [0.15, 0.2) is 11.5 Å². The highest BCUT2D eigenvalue weighted by Gasteiger charge is 2.14. The summed E-state index contributed by atoms with van der Waals surface area (Å²) in [5, 5.41) is 2.89. The van der Waals surface area contributed by atoms with Gasteiger partial charge in [0, 0.05) is 19.0 Å². The van der Waals surface area contributed by atoms with E-state index in [1.807, 2.05) is 55.5 Å². The number of carbonyl (C=O) groups is 1. The second kappa shape index (κ2) is 8.93. The monoisotopic (exact) mass is 328 g/mol. The van der Waals surface area contributed by atoms with Crippen LogP contribution < -0.4 is 20.5 Å². The summed E-state index contributed by atoms with van der Waals surface area (Å²) >= 11 is 0. The average molecular weight is 328 g/mol. The molecule has 0 radical (unpaired) electrons. The third-order valence-corrected chi connectivity index (χ3v) is 3.65. The van der Waals surface area contributed by atoms with E-state index in [9.17, 15) is 4.79 Å². The van der Waals surface area contributed by atoms with Crippen molar-refractivity contribution in [2.75, 3.05) is 13.7 Å². The fraction of sp³-hybridized carbons (Fsp3) is 0.316. The fourth-order valence-electron chi connectivity index (χ4n) is 2.38. The molecule has 5 heteroatoms. The lowest BCUT2D eigenvalue weighted by Crippen LogP contribution is -2.27. The molecular formula is C19H24N2O3. The first kappa shape index (κ1) is 17.8. The Balaban J connectivity index is 1.94. The Morgan fingerprint density at radius 2 is 1.92 bits per heavy atom. The molecule has 5 nitrogen and oxygen atoms in total. The highest BCUT2D eigenvalue weighted by molar-refractivity contribution is 5.76. The van der Waals surface area contributed by atoms with Crippen LogP contribution in [0.4, 0.5) is 0 Å². The van der Waals surface area contributed by atoms with Crippen molar-refractivity contribution in [1.29, 1.82) is 0 Å². The zero-order chi connectivity index (χ0) is 17.4. The Hall–Kier alpha value is -2.53. The molecule has 0 aliphatic carbocycles. The van der Waals surface area contributed by atoms with Gasteiger partial charge in [0.1, 0.15) is 0 Å². The van der Waals surface area contributed by atoms with E-state index in [-0.39, 0.29) is 12.3 Å². The first-order chi connectivity index (χ1) is 11.6. The standard InChI is InChI=1S/C19H24N2O3/c1-3-24-18-11-15(9-10-17(18)23-2)16(20)12-19(22)21-13-14-7-5-4-6-8-14/h4-11,16H,3,12-13,20H2,1-2H3,(H,21,22). The molecule has 0 fully saturated rings. The van der Waals surface area contributed by atoms with Crippen LogP contribution in [0.1, 0.15) is 30.5 Å². The number of rotatable bonds is 8. The molecule has 0 aliphatic heterocycles. The number of hydrogen-bond acceptors (Lipinski definition) is 4. The number of benzene rings is 2. The SMILES string of the molecule is CCOc1cc(C(N)CC(=O)NCc2ccccc2)ccc1OC. The Morgan fingerprint density at radius 3 is 2.58 bits per heavy atom. The van der Waals surface area contributed by atoms with Gasteiger partial charge >= 0.3 is 0 Å². The van der Waals surface area contributed by atoms with E-state index in [0.29, 0.717) is 24.7 Å². The van der Waals surface area contributed by atoms with Crippen molar-refractivity contribution < 1.29 is 14.3 Å². The largest absolute Gasteiger partial charge is 0.493 e. The molecule has 0 heterocycles. The lowest BCUT2D eigenvalue weighted by molar-refractivity contribution is -0.121. The summed E-state index contributed by atoms with van der Waals surface area (Å²) in [5.41, 5.74) is 8.06. The van der Waals surface area contributed by atoms with Crippen LogP contribution in [-0.2, 0) is 11.3 Å². The maximum atomic E-state index is 12.1. The van der Waals surface area contributed by atoms with E-state index in [2.05, 4.69) is 5.32 Å². The molecular weight excluding hydrogens is 304 g/mol. The second-order valence-electron chi connectivity index (χ2n) is 5.42. The molecule has 0 spiro atoms. The van der Waals surface area contributed by atoms with Crippen molar-refractivity contribution in [1.82, 2.24) is 5.32 Å². The summed E-state index contributed by atoms with van der Waals surface area (Å²) in [6.07, 6.45) is 0.213. The van der Waals surface area contributed by atoms with Crippen molar-refractivity contribution >= 4 is 5.91 Å². The predicted molar refractivity (Wildman–Crippen MR) is 94.0 cm³/mol. The van der Waals surface area contributed by atoms with E-state index in [1.54, 1.807) is 7.11 Å². The summed E-state index contributed by atoms with van der Waals surface area (Å²) in [6.45, 7) is 2.94. The smallest absolute Gasteiger partial charge is 0.222 e. The number of nitrogens with two attached hydrogens (primary N) is 1. The Morgan fingerprint density at radius 1 is 1.17 bits per heavy atom. The zero-order valence-corrected chi connectivity index (χ0v) is 14.1. The third kappa shape index (κ3) is 4.99. The van der Waals surface area contributed by atoms with Gasteiger partial charge in [-0.25, -0.2) is 0 Å². The van der Waals surface area contributed by atoms with Crippen LogP contribution in [0.3, 0.4) is 0 Å². The second-order valence-corrected chi connectivity index (χ2v) is 5.42. The van der Waals surface area contributed by atoms with Gasteiger partial charge < -0.3 is 20.5 Å². The molecule has 2 aromatic rings. The van der Waals surface area contributed by atoms with Gasteiger partial charge in [-0.15, -0.1) is 0 Å². The fourth-order valence-corrected chi connectivity index (χ4v) is 2.38. The van der Waals surface area contributed by atoms with Gasteiger partial charge in [-0.1, -0.05) is 36.4 Å². The van der Waals surface area contributed by atoms with Crippen LogP contribution in [0.25, 0.3) is 0 Å². The molecule has 1 unspecified atom stereocenters. The van der Waals surface area contributed by atoms with E-state index >= 15 is 0 Å². The quantitative estimate of drug-likeness (QED) is 0.781. The molecule has 0 saturated carbocycles. The van der Waals surface area contributed by atoms with Crippen molar-refractivity contribution in [2.45, 2.75) is 25.9 Å². The Labute approximate surface area is 142 Å². The van der Waals surface area contributed by atoms with Crippen molar-refractivity contribution in [3.05, 3.63) is 59.7 Å². The highest BCUT2D eigenvalue weighted by atomic mass is 16.5. The molecule has 2 rings (SSSR count). The minimum atomic E-state index is -0.397.